The number of nitrogens with two attached hydrogens (primary N) is 1. The summed E-state index contributed by atoms with van der Waals surface area (Å²) >= 11 is 0. The smallest absolute Gasteiger partial charge is 0.0939 e. The summed E-state index contributed by atoms with van der Waals surface area (Å²) in [4.78, 5) is 9.12. The minimum atomic E-state index is 0.625. The highest BCUT2D eigenvalue weighted by Gasteiger charge is 2.23. The minimum absolute atomic E-state index is 0.625. The molecule has 16 heavy (non-hydrogen) atoms. The van der Waals surface area contributed by atoms with Crippen molar-refractivity contribution in [1.29, 1.82) is 0 Å². The van der Waals surface area contributed by atoms with E-state index in [1.54, 1.807) is 0 Å². The first-order valence-electron chi connectivity index (χ1n) is 5.49. The Morgan fingerprint density at radius 2 is 2.38 bits per heavy atom. The second kappa shape index (κ2) is 3.42. The van der Waals surface area contributed by atoms with E-state index in [-0.39, 0.29) is 0 Å². The monoisotopic (exact) mass is 214 g/mol. The Morgan fingerprint density at radius 1 is 1.50 bits per heavy atom. The zero-order valence-electron chi connectivity index (χ0n) is 9.27. The Balaban J connectivity index is 2.07. The molecular formula is C12H14N4. The number of hydrogen-bond acceptors (Lipinski definition) is 3. The van der Waals surface area contributed by atoms with Crippen molar-refractivity contribution >= 4 is 0 Å². The SMILES string of the molecule is Cn1ccc2c1Cc1nc(CCN)cnc1-2. The van der Waals surface area contributed by atoms with Crippen molar-refractivity contribution in [2.45, 2.75) is 12.8 Å². The fraction of sp³-hybridized carbons (Fsp3) is 0.333. The first-order valence-corrected chi connectivity index (χ1v) is 5.49. The molecule has 1 aliphatic rings. The third-order valence-corrected chi connectivity index (χ3v) is 3.09. The van der Waals surface area contributed by atoms with Crippen LogP contribution in [0.4, 0.5) is 0 Å². The first-order chi connectivity index (χ1) is 7.79. The van der Waals surface area contributed by atoms with Gasteiger partial charge in [-0.05, 0) is 12.6 Å². The van der Waals surface area contributed by atoms with Gasteiger partial charge in [-0.3, -0.25) is 9.97 Å². The average molecular weight is 214 g/mol. The average Bonchev–Trinajstić information content (AvgIpc) is 2.79. The zero-order valence-corrected chi connectivity index (χ0v) is 9.27. The molecule has 3 rings (SSSR count). The van der Waals surface area contributed by atoms with E-state index in [0.717, 1.165) is 29.9 Å². The highest BCUT2D eigenvalue weighted by atomic mass is 15.0. The second-order valence-electron chi connectivity index (χ2n) is 4.16. The van der Waals surface area contributed by atoms with Gasteiger partial charge in [0.2, 0.25) is 0 Å². The molecule has 82 valence electrons. The maximum Gasteiger partial charge on any atom is 0.0939 e. The normalized spacial score (nSPS) is 12.6. The number of hydrogen-bond donors (Lipinski definition) is 1. The highest BCUT2D eigenvalue weighted by Crippen LogP contribution is 2.34. The molecule has 4 nitrogen and oxygen atoms in total. The van der Waals surface area contributed by atoms with Gasteiger partial charge in [0.25, 0.3) is 0 Å². The van der Waals surface area contributed by atoms with Gasteiger partial charge >= 0.3 is 0 Å². The van der Waals surface area contributed by atoms with E-state index in [0.29, 0.717) is 6.54 Å². The van der Waals surface area contributed by atoms with Crippen LogP contribution in [-0.4, -0.2) is 21.1 Å². The summed E-state index contributed by atoms with van der Waals surface area (Å²) in [5.41, 5.74) is 11.2. The fourth-order valence-corrected chi connectivity index (χ4v) is 2.24. The molecule has 1 aliphatic carbocycles. The Bertz CT molecular complexity index is 542. The van der Waals surface area contributed by atoms with E-state index >= 15 is 0 Å². The molecule has 0 unspecified atom stereocenters. The van der Waals surface area contributed by atoms with Gasteiger partial charge < -0.3 is 10.3 Å². The Kier molecular flexibility index (Phi) is 2.04. The number of nitrogens with zero attached hydrogens (tertiary/aromatic N) is 3. The quantitative estimate of drug-likeness (QED) is 0.689. The standard InChI is InChI=1S/C12H14N4/c1-16-5-3-9-11(16)6-10-12(9)14-7-8(15-10)2-4-13/h3,5,7H,2,4,6,13H2,1H3. The van der Waals surface area contributed by atoms with Crippen molar-refractivity contribution in [2.75, 3.05) is 6.54 Å². The lowest BCUT2D eigenvalue weighted by Crippen LogP contribution is -2.06. The molecular weight excluding hydrogens is 200 g/mol. The van der Waals surface area contributed by atoms with Crippen LogP contribution in [-0.2, 0) is 19.9 Å². The van der Waals surface area contributed by atoms with Crippen molar-refractivity contribution in [2.24, 2.45) is 12.8 Å². The predicted octanol–water partition coefficient (Wildman–Crippen LogP) is 0.888. The lowest BCUT2D eigenvalue weighted by molar-refractivity contribution is 0.841. The number of aryl methyl sites for hydroxylation is 1. The molecule has 0 spiro atoms. The van der Waals surface area contributed by atoms with Gasteiger partial charge in [0.15, 0.2) is 0 Å². The molecule has 4 heteroatoms. The Morgan fingerprint density at radius 3 is 3.19 bits per heavy atom. The molecule has 2 heterocycles. The molecule has 0 aliphatic heterocycles. The summed E-state index contributed by atoms with van der Waals surface area (Å²) in [5, 5.41) is 0. The summed E-state index contributed by atoms with van der Waals surface area (Å²) in [7, 11) is 2.06. The number of rotatable bonds is 2. The minimum Gasteiger partial charge on any atom is -0.353 e. The zero-order chi connectivity index (χ0) is 11.1. The number of fused-ring (bicyclic) bond motifs is 3. The largest absolute Gasteiger partial charge is 0.353 e. The van der Waals surface area contributed by atoms with Crippen molar-refractivity contribution in [3.63, 3.8) is 0 Å². The molecule has 2 N–H and O–H groups in total. The van der Waals surface area contributed by atoms with E-state index in [2.05, 4.69) is 33.8 Å². The fourth-order valence-electron chi connectivity index (χ4n) is 2.24. The van der Waals surface area contributed by atoms with Crippen molar-refractivity contribution in [1.82, 2.24) is 14.5 Å². The van der Waals surface area contributed by atoms with E-state index in [4.69, 9.17) is 5.73 Å². The van der Waals surface area contributed by atoms with Crippen molar-refractivity contribution in [3.8, 4) is 11.3 Å². The van der Waals surface area contributed by atoms with Crippen LogP contribution in [0.2, 0.25) is 0 Å². The summed E-state index contributed by atoms with van der Waals surface area (Å²) < 4.78 is 2.14. The van der Waals surface area contributed by atoms with Crippen LogP contribution in [0.25, 0.3) is 11.3 Å². The lowest BCUT2D eigenvalue weighted by atomic mass is 10.2. The molecule has 0 atom stereocenters. The van der Waals surface area contributed by atoms with Gasteiger partial charge in [-0.1, -0.05) is 0 Å². The molecule has 0 amide bonds. The van der Waals surface area contributed by atoms with Gasteiger partial charge in [-0.15, -0.1) is 0 Å². The lowest BCUT2D eigenvalue weighted by Gasteiger charge is -2.01. The molecule has 2 aromatic heterocycles. The van der Waals surface area contributed by atoms with Gasteiger partial charge in [0.1, 0.15) is 0 Å². The van der Waals surface area contributed by atoms with Gasteiger partial charge in [-0.2, -0.15) is 0 Å². The van der Waals surface area contributed by atoms with Crippen LogP contribution < -0.4 is 5.73 Å². The maximum absolute atomic E-state index is 5.52. The maximum atomic E-state index is 5.52. The van der Waals surface area contributed by atoms with Crippen LogP contribution in [0.15, 0.2) is 18.5 Å². The van der Waals surface area contributed by atoms with Crippen LogP contribution in [0.5, 0.6) is 0 Å². The van der Waals surface area contributed by atoms with Crippen LogP contribution in [0, 0.1) is 0 Å². The predicted molar refractivity (Wildman–Crippen MR) is 62.0 cm³/mol. The summed E-state index contributed by atoms with van der Waals surface area (Å²) in [5.74, 6) is 0. The topological polar surface area (TPSA) is 56.7 Å². The molecule has 0 aromatic carbocycles. The second-order valence-corrected chi connectivity index (χ2v) is 4.16. The number of aromatic nitrogens is 3. The van der Waals surface area contributed by atoms with Crippen LogP contribution >= 0.6 is 0 Å². The third-order valence-electron chi connectivity index (χ3n) is 3.09. The highest BCUT2D eigenvalue weighted by molar-refractivity contribution is 5.70. The summed E-state index contributed by atoms with van der Waals surface area (Å²) in [6.07, 6.45) is 5.60. The third kappa shape index (κ3) is 1.27. The van der Waals surface area contributed by atoms with Crippen LogP contribution in [0.3, 0.4) is 0 Å². The van der Waals surface area contributed by atoms with E-state index in [1.807, 2.05) is 6.20 Å². The van der Waals surface area contributed by atoms with Gasteiger partial charge in [0, 0.05) is 43.5 Å². The van der Waals surface area contributed by atoms with Crippen molar-refractivity contribution < 1.29 is 0 Å². The van der Waals surface area contributed by atoms with Gasteiger partial charge in [-0.25, -0.2) is 0 Å². The first kappa shape index (κ1) is 9.54. The molecule has 2 aromatic rings. The Labute approximate surface area is 94.1 Å². The molecule has 0 bridgehead atoms. The van der Waals surface area contributed by atoms with E-state index in [1.165, 1.54) is 11.3 Å². The molecule has 0 fully saturated rings. The molecule has 0 saturated heterocycles. The molecule has 0 radical (unpaired) electrons. The Hall–Kier alpha value is -1.68. The summed E-state index contributed by atoms with van der Waals surface area (Å²) in [6, 6.07) is 2.11. The van der Waals surface area contributed by atoms with Crippen molar-refractivity contribution in [3.05, 3.63) is 35.5 Å². The van der Waals surface area contributed by atoms with Gasteiger partial charge in [0.05, 0.1) is 17.1 Å². The van der Waals surface area contributed by atoms with E-state index < -0.39 is 0 Å². The van der Waals surface area contributed by atoms with E-state index in [9.17, 15) is 0 Å². The van der Waals surface area contributed by atoms with Crippen LogP contribution in [0.1, 0.15) is 17.1 Å². The molecule has 0 saturated carbocycles. The summed E-state index contributed by atoms with van der Waals surface area (Å²) in [6.45, 7) is 0.625.